The van der Waals surface area contributed by atoms with Crippen molar-refractivity contribution in [3.63, 3.8) is 0 Å². The van der Waals surface area contributed by atoms with Crippen LogP contribution in [-0.4, -0.2) is 49.0 Å². The summed E-state index contributed by atoms with van der Waals surface area (Å²) in [6.45, 7) is 0.407. The molecule has 0 aliphatic rings. The maximum atomic E-state index is 12.1. The molecule has 7 heteroatoms. The van der Waals surface area contributed by atoms with Gasteiger partial charge in [0.15, 0.2) is 0 Å². The number of carbonyl (C=O) groups is 2. The van der Waals surface area contributed by atoms with Crippen molar-refractivity contribution in [2.75, 3.05) is 20.8 Å². The first kappa shape index (κ1) is 16.8. The molecule has 0 fully saturated rings. The number of rotatable bonds is 8. The molecule has 0 aromatic heterocycles. The summed E-state index contributed by atoms with van der Waals surface area (Å²) in [7, 11) is 2.95. The fraction of sp³-hybridized carbons (Fsp3) is 0.429. The van der Waals surface area contributed by atoms with Crippen LogP contribution in [0.5, 0.6) is 11.5 Å². The van der Waals surface area contributed by atoms with Crippen molar-refractivity contribution in [2.45, 2.75) is 18.9 Å². The highest BCUT2D eigenvalue weighted by Crippen LogP contribution is 2.22. The van der Waals surface area contributed by atoms with E-state index in [9.17, 15) is 14.7 Å². The van der Waals surface area contributed by atoms with Crippen LogP contribution >= 0.6 is 0 Å². The fourth-order valence-electron chi connectivity index (χ4n) is 1.75. The number of methoxy groups -OCH3 is 2. The molecular formula is C14H19NO6. The number of amides is 1. The van der Waals surface area contributed by atoms with E-state index in [1.807, 2.05) is 0 Å². The summed E-state index contributed by atoms with van der Waals surface area (Å²) < 4.78 is 9.82. The molecule has 1 unspecified atom stereocenters. The SMILES string of the molecule is COCCCC(NC(=O)c1cc(OC)ccc1O)C(=O)O. The lowest BCUT2D eigenvalue weighted by Crippen LogP contribution is -2.40. The molecule has 1 amide bonds. The number of carbonyl (C=O) groups excluding carboxylic acids is 1. The topological polar surface area (TPSA) is 105 Å². The number of carboxylic acid groups (broad SMARTS) is 1. The van der Waals surface area contributed by atoms with Crippen LogP contribution in [0.1, 0.15) is 23.2 Å². The predicted molar refractivity (Wildman–Crippen MR) is 74.7 cm³/mol. The zero-order valence-electron chi connectivity index (χ0n) is 12.0. The highest BCUT2D eigenvalue weighted by molar-refractivity contribution is 5.99. The molecule has 1 atom stereocenters. The Morgan fingerprint density at radius 3 is 2.62 bits per heavy atom. The van der Waals surface area contributed by atoms with Gasteiger partial charge in [-0.15, -0.1) is 0 Å². The van der Waals surface area contributed by atoms with Gasteiger partial charge in [-0.1, -0.05) is 0 Å². The van der Waals surface area contributed by atoms with Crippen molar-refractivity contribution in [3.8, 4) is 11.5 Å². The van der Waals surface area contributed by atoms with Gasteiger partial charge in [0.05, 0.1) is 12.7 Å². The van der Waals surface area contributed by atoms with E-state index >= 15 is 0 Å². The van der Waals surface area contributed by atoms with Gasteiger partial charge in [-0.05, 0) is 31.0 Å². The average molecular weight is 297 g/mol. The number of phenolic OH excluding ortho intramolecular Hbond substituents is 1. The normalized spacial score (nSPS) is 11.7. The zero-order valence-corrected chi connectivity index (χ0v) is 12.0. The number of carboxylic acids is 1. The van der Waals surface area contributed by atoms with Gasteiger partial charge in [-0.3, -0.25) is 4.79 Å². The van der Waals surface area contributed by atoms with E-state index < -0.39 is 17.9 Å². The van der Waals surface area contributed by atoms with E-state index in [0.717, 1.165) is 0 Å². The second kappa shape index (κ2) is 8.11. The molecule has 116 valence electrons. The molecule has 0 radical (unpaired) electrons. The smallest absolute Gasteiger partial charge is 0.326 e. The van der Waals surface area contributed by atoms with Gasteiger partial charge in [0.1, 0.15) is 17.5 Å². The summed E-state index contributed by atoms with van der Waals surface area (Å²) in [6.07, 6.45) is 0.734. The van der Waals surface area contributed by atoms with Gasteiger partial charge in [0, 0.05) is 13.7 Å². The van der Waals surface area contributed by atoms with Crippen LogP contribution in [0.15, 0.2) is 18.2 Å². The van der Waals surface area contributed by atoms with Crippen LogP contribution in [0.2, 0.25) is 0 Å². The molecule has 0 saturated heterocycles. The summed E-state index contributed by atoms with van der Waals surface area (Å²) >= 11 is 0. The monoisotopic (exact) mass is 297 g/mol. The summed E-state index contributed by atoms with van der Waals surface area (Å²) in [5, 5.41) is 21.2. The van der Waals surface area contributed by atoms with Gasteiger partial charge in [0.2, 0.25) is 0 Å². The molecule has 1 aromatic carbocycles. The number of benzene rings is 1. The predicted octanol–water partition coefficient (Wildman–Crippen LogP) is 1.01. The van der Waals surface area contributed by atoms with Crippen molar-refractivity contribution in [3.05, 3.63) is 23.8 Å². The van der Waals surface area contributed by atoms with Crippen molar-refractivity contribution in [1.82, 2.24) is 5.32 Å². The van der Waals surface area contributed by atoms with E-state index in [2.05, 4.69) is 5.32 Å². The highest BCUT2D eigenvalue weighted by atomic mass is 16.5. The molecule has 0 aliphatic heterocycles. The van der Waals surface area contributed by atoms with E-state index in [4.69, 9.17) is 14.6 Å². The number of phenols is 1. The third-order valence-electron chi connectivity index (χ3n) is 2.89. The Morgan fingerprint density at radius 2 is 2.05 bits per heavy atom. The van der Waals surface area contributed by atoms with Crippen LogP contribution in [0.3, 0.4) is 0 Å². The van der Waals surface area contributed by atoms with Gasteiger partial charge in [-0.2, -0.15) is 0 Å². The van der Waals surface area contributed by atoms with Gasteiger partial charge in [0.25, 0.3) is 5.91 Å². The second-order valence-electron chi connectivity index (χ2n) is 4.38. The first-order valence-corrected chi connectivity index (χ1v) is 6.39. The van der Waals surface area contributed by atoms with Crippen LogP contribution in [-0.2, 0) is 9.53 Å². The van der Waals surface area contributed by atoms with Crippen molar-refractivity contribution in [2.24, 2.45) is 0 Å². The van der Waals surface area contributed by atoms with Crippen LogP contribution in [0.25, 0.3) is 0 Å². The summed E-state index contributed by atoms with van der Waals surface area (Å²) in [5.74, 6) is -1.66. The minimum atomic E-state index is -1.14. The summed E-state index contributed by atoms with van der Waals surface area (Å²) in [4.78, 5) is 23.2. The largest absolute Gasteiger partial charge is 0.507 e. The molecule has 0 aliphatic carbocycles. The lowest BCUT2D eigenvalue weighted by atomic mass is 10.1. The van der Waals surface area contributed by atoms with Crippen molar-refractivity contribution in [1.29, 1.82) is 0 Å². The third-order valence-corrected chi connectivity index (χ3v) is 2.89. The van der Waals surface area contributed by atoms with E-state index in [1.54, 1.807) is 0 Å². The Morgan fingerprint density at radius 1 is 1.33 bits per heavy atom. The summed E-state index contributed by atoms with van der Waals surface area (Å²) in [5.41, 5.74) is -0.0349. The third kappa shape index (κ3) is 4.96. The molecular weight excluding hydrogens is 278 g/mol. The van der Waals surface area contributed by atoms with Crippen molar-refractivity contribution < 1.29 is 29.3 Å². The molecule has 0 spiro atoms. The number of hydrogen-bond donors (Lipinski definition) is 3. The number of aliphatic carboxylic acids is 1. The quantitative estimate of drug-likeness (QED) is 0.618. The number of ether oxygens (including phenoxy) is 2. The lowest BCUT2D eigenvalue weighted by molar-refractivity contribution is -0.139. The summed E-state index contributed by atoms with van der Waals surface area (Å²) in [6, 6.07) is 3.12. The number of aromatic hydroxyl groups is 1. The Balaban J connectivity index is 2.79. The van der Waals surface area contributed by atoms with E-state index in [1.165, 1.54) is 32.4 Å². The fourth-order valence-corrected chi connectivity index (χ4v) is 1.75. The first-order chi connectivity index (χ1) is 9.99. The number of nitrogens with one attached hydrogen (secondary N) is 1. The van der Waals surface area contributed by atoms with E-state index in [-0.39, 0.29) is 17.7 Å². The Bertz CT molecular complexity index is 502. The minimum absolute atomic E-state index is 0.0349. The van der Waals surface area contributed by atoms with Crippen LogP contribution < -0.4 is 10.1 Å². The molecule has 0 saturated carbocycles. The average Bonchev–Trinajstić information content (AvgIpc) is 2.46. The van der Waals surface area contributed by atoms with Gasteiger partial charge in [-0.25, -0.2) is 4.79 Å². The molecule has 0 heterocycles. The highest BCUT2D eigenvalue weighted by Gasteiger charge is 2.22. The van der Waals surface area contributed by atoms with Gasteiger partial charge >= 0.3 is 5.97 Å². The molecule has 1 aromatic rings. The second-order valence-corrected chi connectivity index (χ2v) is 4.38. The van der Waals surface area contributed by atoms with Gasteiger partial charge < -0.3 is 25.0 Å². The maximum Gasteiger partial charge on any atom is 0.326 e. The molecule has 21 heavy (non-hydrogen) atoms. The molecule has 3 N–H and O–H groups in total. The van der Waals surface area contributed by atoms with Crippen LogP contribution in [0.4, 0.5) is 0 Å². The standard InChI is InChI=1S/C14H19NO6/c1-20-7-3-4-11(14(18)19)15-13(17)10-8-9(21-2)5-6-12(10)16/h5-6,8,11,16H,3-4,7H2,1-2H3,(H,15,17)(H,18,19). The Kier molecular flexibility index (Phi) is 6.48. The van der Waals surface area contributed by atoms with E-state index in [0.29, 0.717) is 18.8 Å². The minimum Gasteiger partial charge on any atom is -0.507 e. The molecule has 0 bridgehead atoms. The Hall–Kier alpha value is -2.28. The lowest BCUT2D eigenvalue weighted by Gasteiger charge is -2.15. The zero-order chi connectivity index (χ0) is 15.8. The molecule has 1 rings (SSSR count). The van der Waals surface area contributed by atoms with Crippen molar-refractivity contribution >= 4 is 11.9 Å². The Labute approximate surface area is 122 Å². The first-order valence-electron chi connectivity index (χ1n) is 6.39. The number of hydrogen-bond acceptors (Lipinski definition) is 5. The van der Waals surface area contributed by atoms with Crippen LogP contribution in [0, 0.1) is 0 Å². The molecule has 7 nitrogen and oxygen atoms in total. The maximum absolute atomic E-state index is 12.1.